The molecular weight excluding hydrogens is 528 g/mol. The van der Waals surface area contributed by atoms with Gasteiger partial charge >= 0.3 is 6.18 Å². The number of rotatable bonds is 9. The summed E-state index contributed by atoms with van der Waals surface area (Å²) in [4.78, 5) is 26.1. The molecule has 0 bridgehead atoms. The summed E-state index contributed by atoms with van der Waals surface area (Å²) < 4.78 is 55.8. The van der Waals surface area contributed by atoms with Crippen molar-refractivity contribution >= 4 is 11.6 Å². The van der Waals surface area contributed by atoms with Crippen molar-refractivity contribution in [2.45, 2.75) is 32.1 Å². The van der Waals surface area contributed by atoms with Crippen molar-refractivity contribution in [3.63, 3.8) is 0 Å². The van der Waals surface area contributed by atoms with Gasteiger partial charge in [-0.25, -0.2) is 4.39 Å². The van der Waals surface area contributed by atoms with Gasteiger partial charge in [0.1, 0.15) is 24.3 Å². The third kappa shape index (κ3) is 6.45. The van der Waals surface area contributed by atoms with Gasteiger partial charge in [-0.15, -0.1) is 10.2 Å². The van der Waals surface area contributed by atoms with Crippen LogP contribution in [0.3, 0.4) is 0 Å². The van der Waals surface area contributed by atoms with Crippen LogP contribution in [0.5, 0.6) is 0 Å². The number of alkyl halides is 3. The largest absolute Gasteiger partial charge is 0.406 e. The molecule has 2 aromatic heterocycles. The lowest BCUT2D eigenvalue weighted by Crippen LogP contribution is -2.34. The lowest BCUT2D eigenvalue weighted by Gasteiger charge is -2.15. The Morgan fingerprint density at radius 3 is 2.60 bits per heavy atom. The van der Waals surface area contributed by atoms with Gasteiger partial charge in [-0.05, 0) is 72.3 Å². The molecular formula is C28H26F4N6O2. The van der Waals surface area contributed by atoms with Crippen LogP contribution in [0.1, 0.15) is 28.8 Å². The van der Waals surface area contributed by atoms with Crippen LogP contribution in [0.4, 0.5) is 23.2 Å². The average molecular weight is 555 g/mol. The van der Waals surface area contributed by atoms with E-state index in [0.717, 1.165) is 19.0 Å². The molecule has 1 amide bonds. The smallest absolute Gasteiger partial charge is 0.322 e. The van der Waals surface area contributed by atoms with Crippen molar-refractivity contribution in [2.75, 3.05) is 11.9 Å². The van der Waals surface area contributed by atoms with Crippen LogP contribution in [-0.2, 0) is 20.1 Å². The number of amides is 1. The van der Waals surface area contributed by atoms with E-state index in [4.69, 9.17) is 0 Å². The van der Waals surface area contributed by atoms with Gasteiger partial charge in [0, 0.05) is 31.0 Å². The summed E-state index contributed by atoms with van der Waals surface area (Å²) in [7, 11) is 1.72. The zero-order valence-electron chi connectivity index (χ0n) is 21.5. The first-order valence-electron chi connectivity index (χ1n) is 12.6. The molecule has 1 aliphatic carbocycles. The molecule has 8 nitrogen and oxygen atoms in total. The Balaban J connectivity index is 1.44. The predicted molar refractivity (Wildman–Crippen MR) is 141 cm³/mol. The fraction of sp³-hybridized carbons (Fsp3) is 0.286. The van der Waals surface area contributed by atoms with Gasteiger partial charge in [-0.3, -0.25) is 9.59 Å². The number of pyridine rings is 1. The number of anilines is 1. The van der Waals surface area contributed by atoms with E-state index >= 15 is 0 Å². The highest BCUT2D eigenvalue weighted by Gasteiger charge is 2.30. The van der Waals surface area contributed by atoms with Crippen LogP contribution >= 0.6 is 0 Å². The van der Waals surface area contributed by atoms with Crippen LogP contribution in [0.15, 0.2) is 65.8 Å². The molecule has 1 saturated carbocycles. The molecule has 4 aromatic rings. The van der Waals surface area contributed by atoms with Crippen molar-refractivity contribution in [1.29, 1.82) is 0 Å². The zero-order chi connectivity index (χ0) is 28.4. The molecule has 1 fully saturated rings. The highest BCUT2D eigenvalue weighted by molar-refractivity contribution is 6.04. The number of carbonyl (C=O) groups excluding carboxylic acids is 1. The van der Waals surface area contributed by atoms with E-state index in [1.807, 2.05) is 0 Å². The Morgan fingerprint density at radius 1 is 1.10 bits per heavy atom. The van der Waals surface area contributed by atoms with Crippen molar-refractivity contribution < 1.29 is 22.4 Å². The van der Waals surface area contributed by atoms with Gasteiger partial charge < -0.3 is 19.8 Å². The number of halogens is 4. The summed E-state index contributed by atoms with van der Waals surface area (Å²) in [5.41, 5.74) is 0.956. The predicted octanol–water partition coefficient (Wildman–Crippen LogP) is 4.76. The van der Waals surface area contributed by atoms with Crippen LogP contribution in [0.2, 0.25) is 0 Å². The number of carbonyl (C=O) groups is 1. The monoisotopic (exact) mass is 554 g/mol. The van der Waals surface area contributed by atoms with E-state index in [1.54, 1.807) is 41.9 Å². The number of hydrogen-bond donors (Lipinski definition) is 2. The summed E-state index contributed by atoms with van der Waals surface area (Å²) >= 11 is 0. The lowest BCUT2D eigenvalue weighted by atomic mass is 9.98. The second kappa shape index (κ2) is 11.0. The van der Waals surface area contributed by atoms with Gasteiger partial charge in [0.2, 0.25) is 0 Å². The molecule has 0 spiro atoms. The third-order valence-electron chi connectivity index (χ3n) is 6.56. The molecule has 208 valence electrons. The lowest BCUT2D eigenvalue weighted by molar-refractivity contribution is -0.141. The standard InChI is InChI=1S/C28H26F4N6O2/c1-37-16-34-36-25(37)23-11-20(29)7-8-22(23)19-3-2-4-21(10-19)35-26(39)24-9-18(13-33-12-17-5-6-17)14-38(27(24)40)15-28(30,31)32/h2-4,7-11,14,16-17,33H,5-6,12-13,15H2,1H3,(H,35,39). The highest BCUT2D eigenvalue weighted by atomic mass is 19.4. The average Bonchev–Trinajstić information content (AvgIpc) is 3.62. The Kier molecular flexibility index (Phi) is 7.53. The van der Waals surface area contributed by atoms with E-state index in [2.05, 4.69) is 20.8 Å². The molecule has 0 atom stereocenters. The van der Waals surface area contributed by atoms with Crippen molar-refractivity contribution in [1.82, 2.24) is 24.6 Å². The molecule has 40 heavy (non-hydrogen) atoms. The number of aromatic nitrogens is 4. The van der Waals surface area contributed by atoms with Crippen LogP contribution in [-0.4, -0.2) is 38.0 Å². The minimum Gasteiger partial charge on any atom is -0.322 e. The van der Waals surface area contributed by atoms with Gasteiger partial charge in [0.05, 0.1) is 0 Å². The van der Waals surface area contributed by atoms with Gasteiger partial charge in [0.15, 0.2) is 5.82 Å². The number of benzene rings is 2. The summed E-state index contributed by atoms with van der Waals surface area (Å²) in [6, 6.07) is 12.2. The first-order chi connectivity index (χ1) is 19.1. The van der Waals surface area contributed by atoms with Crippen molar-refractivity contribution in [3.05, 3.63) is 88.4 Å². The molecule has 0 radical (unpaired) electrons. The van der Waals surface area contributed by atoms with Gasteiger partial charge in [-0.2, -0.15) is 13.2 Å². The fourth-order valence-electron chi connectivity index (χ4n) is 4.45. The summed E-state index contributed by atoms with van der Waals surface area (Å²) in [5, 5.41) is 13.7. The first kappa shape index (κ1) is 27.3. The Bertz CT molecular complexity index is 1610. The van der Waals surface area contributed by atoms with Gasteiger partial charge in [0.25, 0.3) is 11.5 Å². The Morgan fingerprint density at radius 2 is 1.90 bits per heavy atom. The normalized spacial score (nSPS) is 13.4. The maximum absolute atomic E-state index is 14.1. The molecule has 1 aliphatic rings. The summed E-state index contributed by atoms with van der Waals surface area (Å²) in [5.74, 6) is -0.324. The minimum atomic E-state index is -4.64. The third-order valence-corrected chi connectivity index (χ3v) is 6.56. The second-order valence-electron chi connectivity index (χ2n) is 9.87. The zero-order valence-corrected chi connectivity index (χ0v) is 21.5. The fourth-order valence-corrected chi connectivity index (χ4v) is 4.45. The molecule has 2 aromatic carbocycles. The molecule has 12 heteroatoms. The topological polar surface area (TPSA) is 93.8 Å². The Labute approximate surface area is 226 Å². The maximum atomic E-state index is 14.1. The van der Waals surface area contributed by atoms with E-state index in [9.17, 15) is 27.2 Å². The number of nitrogens with one attached hydrogen (secondary N) is 2. The summed E-state index contributed by atoms with van der Waals surface area (Å²) in [6.07, 6.45) is 0.190. The molecule has 2 heterocycles. The van der Waals surface area contributed by atoms with E-state index in [1.165, 1.54) is 24.5 Å². The van der Waals surface area contributed by atoms with E-state index < -0.39 is 35.6 Å². The highest BCUT2D eigenvalue weighted by Crippen LogP contribution is 2.33. The van der Waals surface area contributed by atoms with E-state index in [-0.39, 0.29) is 6.54 Å². The van der Waals surface area contributed by atoms with Gasteiger partial charge in [-0.1, -0.05) is 18.2 Å². The van der Waals surface area contributed by atoms with Crippen LogP contribution < -0.4 is 16.2 Å². The second-order valence-corrected chi connectivity index (χ2v) is 9.87. The molecule has 0 aliphatic heterocycles. The number of aryl methyl sites for hydroxylation is 1. The molecule has 2 N–H and O–H groups in total. The summed E-state index contributed by atoms with van der Waals surface area (Å²) in [6.45, 7) is -0.570. The molecule has 0 unspecified atom stereocenters. The van der Waals surface area contributed by atoms with Crippen molar-refractivity contribution in [2.24, 2.45) is 13.0 Å². The van der Waals surface area contributed by atoms with E-state index in [0.29, 0.717) is 50.8 Å². The molecule has 5 rings (SSSR count). The SMILES string of the molecule is Cn1cnnc1-c1cc(F)ccc1-c1cccc(NC(=O)c2cc(CNCC3CC3)cn(CC(F)(F)F)c2=O)c1. The Hall–Kier alpha value is -4.32. The quantitative estimate of drug-likeness (QED) is 0.291. The van der Waals surface area contributed by atoms with Crippen LogP contribution in [0.25, 0.3) is 22.5 Å². The molecule has 0 saturated heterocycles. The van der Waals surface area contributed by atoms with Crippen LogP contribution in [0, 0.1) is 11.7 Å². The number of hydrogen-bond acceptors (Lipinski definition) is 5. The first-order valence-corrected chi connectivity index (χ1v) is 12.6. The maximum Gasteiger partial charge on any atom is 0.406 e. The number of nitrogens with zero attached hydrogens (tertiary/aromatic N) is 4. The minimum absolute atomic E-state index is 0.222. The van der Waals surface area contributed by atoms with Crippen molar-refractivity contribution in [3.8, 4) is 22.5 Å².